The normalized spacial score (nSPS) is 13.9. The third kappa shape index (κ3) is 7.89. The van der Waals surface area contributed by atoms with Crippen molar-refractivity contribution in [1.82, 2.24) is 9.88 Å². The summed E-state index contributed by atoms with van der Waals surface area (Å²) in [5.41, 5.74) is 2.81. The quantitative estimate of drug-likeness (QED) is 0.247. The average Bonchev–Trinajstić information content (AvgIpc) is 2.96. The molecular formula is C30H28F3N5O3. The van der Waals surface area contributed by atoms with Gasteiger partial charge < -0.3 is 25.0 Å². The topological polar surface area (TPSA) is 79.0 Å². The molecule has 0 spiro atoms. The van der Waals surface area contributed by atoms with Gasteiger partial charge in [0.25, 0.3) is 0 Å². The Balaban J connectivity index is 1.21. The van der Waals surface area contributed by atoms with E-state index in [0.29, 0.717) is 11.4 Å². The Labute approximate surface area is 235 Å². The van der Waals surface area contributed by atoms with Crippen molar-refractivity contribution in [1.29, 1.82) is 0 Å². The molecule has 0 atom stereocenters. The van der Waals surface area contributed by atoms with E-state index in [0.717, 1.165) is 50.5 Å². The number of hydrogen-bond donors (Lipinski definition) is 2. The van der Waals surface area contributed by atoms with Crippen molar-refractivity contribution in [2.75, 3.05) is 41.7 Å². The molecule has 212 valence electrons. The maximum atomic E-state index is 12.6. The second-order valence-electron chi connectivity index (χ2n) is 9.33. The van der Waals surface area contributed by atoms with Gasteiger partial charge in [0.1, 0.15) is 11.4 Å². The van der Waals surface area contributed by atoms with Crippen molar-refractivity contribution < 1.29 is 27.4 Å². The molecule has 1 aliphatic heterocycles. The van der Waals surface area contributed by atoms with Crippen molar-refractivity contribution in [2.24, 2.45) is 0 Å². The molecule has 2 heterocycles. The molecule has 1 fully saturated rings. The van der Waals surface area contributed by atoms with Crippen LogP contribution in [0.1, 0.15) is 5.56 Å². The minimum atomic E-state index is -4.79. The highest BCUT2D eigenvalue weighted by Crippen LogP contribution is 2.35. The number of urea groups is 1. The lowest BCUT2D eigenvalue weighted by atomic mass is 10.2. The third-order valence-electron chi connectivity index (χ3n) is 6.40. The van der Waals surface area contributed by atoms with E-state index in [4.69, 9.17) is 4.74 Å². The number of benzene rings is 3. The Kier molecular flexibility index (Phi) is 8.54. The first kappa shape index (κ1) is 27.8. The second kappa shape index (κ2) is 12.6. The molecule has 0 saturated carbocycles. The minimum Gasteiger partial charge on any atom is -0.435 e. The van der Waals surface area contributed by atoms with Crippen molar-refractivity contribution in [3.63, 3.8) is 0 Å². The van der Waals surface area contributed by atoms with E-state index in [-0.39, 0.29) is 17.3 Å². The number of amides is 2. The molecule has 41 heavy (non-hydrogen) atoms. The summed E-state index contributed by atoms with van der Waals surface area (Å²) in [5.74, 6) is 0.417. The lowest BCUT2D eigenvalue weighted by Crippen LogP contribution is -2.46. The molecule has 0 aliphatic carbocycles. The summed E-state index contributed by atoms with van der Waals surface area (Å²) in [5, 5.41) is 5.26. The first-order valence-corrected chi connectivity index (χ1v) is 13.0. The van der Waals surface area contributed by atoms with Crippen LogP contribution in [0.4, 0.5) is 35.0 Å². The van der Waals surface area contributed by atoms with Gasteiger partial charge in [0.2, 0.25) is 5.88 Å². The smallest absolute Gasteiger partial charge is 0.435 e. The summed E-state index contributed by atoms with van der Waals surface area (Å²) in [6.45, 7) is 4.38. The monoisotopic (exact) mass is 563 g/mol. The van der Waals surface area contributed by atoms with Gasteiger partial charge in [-0.25, -0.2) is 9.78 Å². The van der Waals surface area contributed by atoms with Gasteiger partial charge in [-0.2, -0.15) is 0 Å². The highest BCUT2D eigenvalue weighted by Gasteiger charge is 2.31. The SMILES string of the molecule is O=C(Nc1ccc(OC(F)(F)F)cc1)Nc1cccnc1Oc1ccccc1N1CCN(Cc2ccccc2)CC1. The molecule has 0 unspecified atom stereocenters. The summed E-state index contributed by atoms with van der Waals surface area (Å²) in [4.78, 5) is 21.6. The Morgan fingerprint density at radius 2 is 1.54 bits per heavy atom. The van der Waals surface area contributed by atoms with Crippen LogP contribution in [0.5, 0.6) is 17.4 Å². The fourth-order valence-corrected chi connectivity index (χ4v) is 4.49. The van der Waals surface area contributed by atoms with Crippen molar-refractivity contribution in [3.05, 3.63) is 103 Å². The number of aromatic nitrogens is 1. The van der Waals surface area contributed by atoms with Crippen LogP contribution in [0.3, 0.4) is 0 Å². The van der Waals surface area contributed by atoms with Gasteiger partial charge in [-0.15, -0.1) is 13.2 Å². The molecule has 5 rings (SSSR count). The number of nitrogens with zero attached hydrogens (tertiary/aromatic N) is 3. The van der Waals surface area contributed by atoms with Crippen LogP contribution in [0.25, 0.3) is 0 Å². The predicted octanol–water partition coefficient (Wildman–Crippen LogP) is 6.74. The van der Waals surface area contributed by atoms with Crippen LogP contribution in [0.15, 0.2) is 97.2 Å². The maximum Gasteiger partial charge on any atom is 0.573 e. The van der Waals surface area contributed by atoms with Crippen molar-refractivity contribution in [3.8, 4) is 17.4 Å². The Hall–Kier alpha value is -4.77. The zero-order valence-corrected chi connectivity index (χ0v) is 22.0. The van der Waals surface area contributed by atoms with E-state index in [2.05, 4.69) is 54.4 Å². The van der Waals surface area contributed by atoms with Crippen LogP contribution < -0.4 is 25.0 Å². The van der Waals surface area contributed by atoms with Crippen LogP contribution in [0, 0.1) is 0 Å². The number of anilines is 3. The number of para-hydroxylation sites is 2. The van der Waals surface area contributed by atoms with E-state index < -0.39 is 12.4 Å². The van der Waals surface area contributed by atoms with E-state index in [1.54, 1.807) is 18.3 Å². The van der Waals surface area contributed by atoms with Gasteiger partial charge in [0.05, 0.1) is 5.69 Å². The molecule has 3 aromatic carbocycles. The summed E-state index contributed by atoms with van der Waals surface area (Å²) >= 11 is 0. The van der Waals surface area contributed by atoms with Gasteiger partial charge in [0.15, 0.2) is 5.75 Å². The van der Waals surface area contributed by atoms with E-state index in [9.17, 15) is 18.0 Å². The second-order valence-corrected chi connectivity index (χ2v) is 9.33. The van der Waals surface area contributed by atoms with Gasteiger partial charge in [-0.1, -0.05) is 42.5 Å². The number of rotatable bonds is 8. The molecular weight excluding hydrogens is 535 g/mol. The third-order valence-corrected chi connectivity index (χ3v) is 6.40. The first-order chi connectivity index (χ1) is 19.8. The van der Waals surface area contributed by atoms with E-state index >= 15 is 0 Å². The van der Waals surface area contributed by atoms with Crippen molar-refractivity contribution >= 4 is 23.1 Å². The number of alkyl halides is 3. The molecule has 2 N–H and O–H groups in total. The summed E-state index contributed by atoms with van der Waals surface area (Å²) < 4.78 is 47.2. The summed E-state index contributed by atoms with van der Waals surface area (Å²) in [6, 6.07) is 25.6. The fourth-order valence-electron chi connectivity index (χ4n) is 4.49. The van der Waals surface area contributed by atoms with Gasteiger partial charge in [0, 0.05) is 44.6 Å². The number of pyridine rings is 1. The van der Waals surface area contributed by atoms with Crippen LogP contribution in [-0.2, 0) is 6.54 Å². The zero-order valence-electron chi connectivity index (χ0n) is 22.0. The van der Waals surface area contributed by atoms with Crippen molar-refractivity contribution in [2.45, 2.75) is 12.9 Å². The lowest BCUT2D eigenvalue weighted by Gasteiger charge is -2.36. The number of ether oxygens (including phenoxy) is 2. The largest absolute Gasteiger partial charge is 0.573 e. The van der Waals surface area contributed by atoms with Gasteiger partial charge in [-0.3, -0.25) is 4.90 Å². The fraction of sp³-hybridized carbons (Fsp3) is 0.200. The number of carbonyl (C=O) groups is 1. The minimum absolute atomic E-state index is 0.201. The number of halogens is 3. The Morgan fingerprint density at radius 1 is 0.829 bits per heavy atom. The summed E-state index contributed by atoms with van der Waals surface area (Å²) in [6.07, 6.45) is -3.23. The average molecular weight is 564 g/mol. The zero-order chi connectivity index (χ0) is 28.7. The number of hydrogen-bond acceptors (Lipinski definition) is 6. The standard InChI is InChI=1S/C30H28F3N5O3/c31-30(32,33)41-24-14-12-23(13-15-24)35-29(39)36-25-9-6-16-34-28(25)40-27-11-5-4-10-26(27)38-19-17-37(18-20-38)21-22-7-2-1-3-8-22/h1-16H,17-21H2,(H2,35,36,39). The Morgan fingerprint density at radius 3 is 2.27 bits per heavy atom. The molecule has 1 aliphatic rings. The molecule has 2 amide bonds. The molecule has 0 radical (unpaired) electrons. The van der Waals surface area contributed by atoms with Gasteiger partial charge in [-0.05, 0) is 54.1 Å². The maximum absolute atomic E-state index is 12.6. The molecule has 0 bridgehead atoms. The predicted molar refractivity (Wildman–Crippen MR) is 150 cm³/mol. The molecule has 11 heteroatoms. The number of piperazine rings is 1. The lowest BCUT2D eigenvalue weighted by molar-refractivity contribution is -0.274. The number of nitrogens with one attached hydrogen (secondary N) is 2. The molecule has 1 saturated heterocycles. The summed E-state index contributed by atoms with van der Waals surface area (Å²) in [7, 11) is 0. The first-order valence-electron chi connectivity index (χ1n) is 13.0. The van der Waals surface area contributed by atoms with Crippen LogP contribution in [0.2, 0.25) is 0 Å². The van der Waals surface area contributed by atoms with Crippen LogP contribution in [-0.4, -0.2) is 48.5 Å². The number of carbonyl (C=O) groups excluding carboxylic acids is 1. The van der Waals surface area contributed by atoms with Gasteiger partial charge >= 0.3 is 12.4 Å². The molecule has 1 aromatic heterocycles. The highest BCUT2D eigenvalue weighted by atomic mass is 19.4. The van der Waals surface area contributed by atoms with E-state index in [1.807, 2.05) is 30.3 Å². The van der Waals surface area contributed by atoms with E-state index in [1.165, 1.54) is 17.7 Å². The molecule has 4 aromatic rings. The Bertz CT molecular complexity index is 1440. The highest BCUT2D eigenvalue weighted by molar-refractivity contribution is 6.00. The van der Waals surface area contributed by atoms with Crippen LogP contribution >= 0.6 is 0 Å². The molecule has 8 nitrogen and oxygen atoms in total.